The van der Waals surface area contributed by atoms with Crippen LogP contribution in [0.2, 0.25) is 0 Å². The molecule has 3 rings (SSSR count). The summed E-state index contributed by atoms with van der Waals surface area (Å²) in [5.41, 5.74) is -0.769. The highest BCUT2D eigenvalue weighted by Crippen LogP contribution is 2.64. The lowest BCUT2D eigenvalue weighted by molar-refractivity contribution is -0.158. The fraction of sp³-hybridized carbons (Fsp3) is 0.667. The number of carbonyl (C=O) groups is 2. The molecule has 2 aliphatic rings. The van der Waals surface area contributed by atoms with E-state index in [2.05, 4.69) is 22.9 Å². The lowest BCUT2D eigenvalue weighted by Crippen LogP contribution is -2.54. The molecule has 166 valence electrons. The van der Waals surface area contributed by atoms with Crippen LogP contribution in [0.5, 0.6) is 0 Å². The van der Waals surface area contributed by atoms with Crippen LogP contribution in [0, 0.1) is 5.41 Å². The van der Waals surface area contributed by atoms with Gasteiger partial charge in [-0.15, -0.1) is 0 Å². The van der Waals surface area contributed by atoms with Gasteiger partial charge in [-0.05, 0) is 71.1 Å². The fourth-order valence-corrected chi connectivity index (χ4v) is 5.72. The third kappa shape index (κ3) is 3.76. The molecule has 2 fully saturated rings. The first-order chi connectivity index (χ1) is 14.2. The highest BCUT2D eigenvalue weighted by atomic mass is 79.9. The number of hydrogen-bond acceptors (Lipinski definition) is 4. The molecule has 1 amide bonds. The van der Waals surface area contributed by atoms with Gasteiger partial charge in [0.1, 0.15) is 6.10 Å². The van der Waals surface area contributed by atoms with Gasteiger partial charge in [0, 0.05) is 16.6 Å². The highest BCUT2D eigenvalue weighted by molar-refractivity contribution is 9.10. The molecule has 1 aliphatic heterocycles. The van der Waals surface area contributed by atoms with Crippen molar-refractivity contribution in [3.05, 3.63) is 34.3 Å². The quantitative estimate of drug-likeness (QED) is 0.424. The summed E-state index contributed by atoms with van der Waals surface area (Å²) in [6.45, 7) is 10.0. The minimum absolute atomic E-state index is 0.0139. The monoisotopic (exact) mass is 479 g/mol. The van der Waals surface area contributed by atoms with Crippen molar-refractivity contribution in [1.29, 1.82) is 0 Å². The van der Waals surface area contributed by atoms with E-state index in [9.17, 15) is 9.59 Å². The first kappa shape index (κ1) is 23.1. The Hall–Kier alpha value is -1.56. The third-order valence-electron chi connectivity index (χ3n) is 6.75. The van der Waals surface area contributed by atoms with Gasteiger partial charge >= 0.3 is 12.1 Å². The van der Waals surface area contributed by atoms with E-state index in [4.69, 9.17) is 9.47 Å². The molecule has 0 N–H and O–H groups in total. The first-order valence-electron chi connectivity index (χ1n) is 11.2. The van der Waals surface area contributed by atoms with Crippen LogP contribution in [0.25, 0.3) is 0 Å². The number of cyclic esters (lactones) is 1. The van der Waals surface area contributed by atoms with Gasteiger partial charge in [-0.2, -0.15) is 0 Å². The second-order valence-corrected chi connectivity index (χ2v) is 10.2. The van der Waals surface area contributed by atoms with Crippen LogP contribution in [-0.4, -0.2) is 34.6 Å². The van der Waals surface area contributed by atoms with E-state index in [0.717, 1.165) is 42.1 Å². The molecule has 6 heteroatoms. The predicted octanol–water partition coefficient (Wildman–Crippen LogP) is 6.40. The van der Waals surface area contributed by atoms with Crippen LogP contribution < -0.4 is 0 Å². The van der Waals surface area contributed by atoms with Gasteiger partial charge in [-0.25, -0.2) is 9.59 Å². The number of hydrogen-bond donors (Lipinski definition) is 0. The fourth-order valence-electron chi connectivity index (χ4n) is 5.46. The maximum atomic E-state index is 13.4. The summed E-state index contributed by atoms with van der Waals surface area (Å²) in [5.74, 6) is -0.384. The van der Waals surface area contributed by atoms with E-state index in [0.29, 0.717) is 6.42 Å². The van der Waals surface area contributed by atoms with E-state index < -0.39 is 23.2 Å². The van der Waals surface area contributed by atoms with Crippen molar-refractivity contribution in [3.8, 4) is 0 Å². The van der Waals surface area contributed by atoms with E-state index in [-0.39, 0.29) is 18.1 Å². The molecule has 30 heavy (non-hydrogen) atoms. The van der Waals surface area contributed by atoms with Crippen LogP contribution in [0.4, 0.5) is 4.79 Å². The molecule has 1 aromatic carbocycles. The maximum Gasteiger partial charge on any atom is 0.411 e. The minimum atomic E-state index is -1.21. The normalized spacial score (nSPS) is 28.0. The van der Waals surface area contributed by atoms with Crippen LogP contribution in [0.1, 0.15) is 84.8 Å². The zero-order chi connectivity index (χ0) is 22.1. The summed E-state index contributed by atoms with van der Waals surface area (Å²) < 4.78 is 13.2. The molecule has 1 heterocycles. The smallest absolute Gasteiger partial charge is 0.411 e. The Bertz CT molecular complexity index is 770. The van der Waals surface area contributed by atoms with Gasteiger partial charge in [0.05, 0.1) is 5.41 Å². The molecule has 1 aromatic rings. The van der Waals surface area contributed by atoms with Gasteiger partial charge in [-0.3, -0.25) is 0 Å². The Balaban J connectivity index is 2.03. The van der Waals surface area contributed by atoms with E-state index in [1.165, 1.54) is 0 Å². The number of fused-ring (bicyclic) bond motifs is 1. The van der Waals surface area contributed by atoms with Crippen LogP contribution in [0.3, 0.4) is 0 Å². The number of benzene rings is 1. The number of carbonyl (C=O) groups excluding carboxylic acids is 2. The van der Waals surface area contributed by atoms with Gasteiger partial charge in [0.25, 0.3) is 0 Å². The van der Waals surface area contributed by atoms with Crippen molar-refractivity contribution in [1.82, 2.24) is 4.90 Å². The summed E-state index contributed by atoms with van der Waals surface area (Å²) in [5, 5.41) is 0. The average Bonchev–Trinajstić information content (AvgIpc) is 3.13. The Morgan fingerprint density at radius 2 is 1.83 bits per heavy atom. The molecule has 1 saturated heterocycles. The second-order valence-electron chi connectivity index (χ2n) is 9.24. The van der Waals surface area contributed by atoms with Gasteiger partial charge in [-0.1, -0.05) is 47.8 Å². The zero-order valence-electron chi connectivity index (χ0n) is 18.7. The molecular formula is C24H34BrNO4. The molecule has 5 nitrogen and oxygen atoms in total. The Morgan fingerprint density at radius 1 is 1.20 bits per heavy atom. The summed E-state index contributed by atoms with van der Waals surface area (Å²) in [6.07, 6.45) is 4.14. The van der Waals surface area contributed by atoms with Crippen LogP contribution in [-0.2, 0) is 14.3 Å². The molecule has 1 aliphatic carbocycles. The number of esters is 1. The van der Waals surface area contributed by atoms with E-state index in [1.807, 2.05) is 52.0 Å². The molecule has 0 bridgehead atoms. The zero-order valence-corrected chi connectivity index (χ0v) is 20.3. The minimum Gasteiger partial charge on any atom is -0.454 e. The van der Waals surface area contributed by atoms with Crippen LogP contribution in [0.15, 0.2) is 28.7 Å². The number of amides is 1. The molecule has 3 atom stereocenters. The lowest BCUT2D eigenvalue weighted by Gasteiger charge is -2.41. The van der Waals surface area contributed by atoms with E-state index >= 15 is 0 Å². The largest absolute Gasteiger partial charge is 0.454 e. The van der Waals surface area contributed by atoms with Crippen LogP contribution >= 0.6 is 15.9 Å². The third-order valence-corrected chi connectivity index (χ3v) is 7.28. The molecule has 1 saturated carbocycles. The lowest BCUT2D eigenvalue weighted by atomic mass is 9.67. The average molecular weight is 480 g/mol. The van der Waals surface area contributed by atoms with Crippen molar-refractivity contribution in [2.45, 2.75) is 96.9 Å². The molecule has 0 spiro atoms. The Labute approximate surface area is 188 Å². The maximum absolute atomic E-state index is 13.4. The highest BCUT2D eigenvalue weighted by Gasteiger charge is 2.72. The number of ether oxygens (including phenoxy) is 2. The standard InChI is InChI=1S/C24H34BrNO4/c1-6-7-13-23-14-8-15-24(23,30-22(28)26(16(2)3)17(4)5)21(27)29-20(23)18-9-11-19(25)12-10-18/h9-12,16-17,20H,6-8,13-15H2,1-5H3/t20-,23-,24-/m1/s1. The van der Waals surface area contributed by atoms with Gasteiger partial charge in [0.2, 0.25) is 5.60 Å². The summed E-state index contributed by atoms with van der Waals surface area (Å²) in [6, 6.07) is 7.91. The number of rotatable bonds is 7. The van der Waals surface area contributed by atoms with Gasteiger partial charge in [0.15, 0.2) is 0 Å². The number of nitrogens with zero attached hydrogens (tertiary/aromatic N) is 1. The number of halogens is 1. The Morgan fingerprint density at radius 3 is 2.40 bits per heavy atom. The van der Waals surface area contributed by atoms with Crippen molar-refractivity contribution in [2.24, 2.45) is 5.41 Å². The number of unbranched alkanes of at least 4 members (excludes halogenated alkanes) is 1. The van der Waals surface area contributed by atoms with Crippen molar-refractivity contribution < 1.29 is 19.1 Å². The summed E-state index contributed by atoms with van der Waals surface area (Å²) in [7, 11) is 0. The first-order valence-corrected chi connectivity index (χ1v) is 12.0. The molecule has 0 radical (unpaired) electrons. The van der Waals surface area contributed by atoms with E-state index in [1.54, 1.807) is 4.90 Å². The van der Waals surface area contributed by atoms with Crippen molar-refractivity contribution in [3.63, 3.8) is 0 Å². The molecule has 0 aromatic heterocycles. The van der Waals surface area contributed by atoms with Crippen molar-refractivity contribution in [2.75, 3.05) is 0 Å². The predicted molar refractivity (Wildman–Crippen MR) is 120 cm³/mol. The summed E-state index contributed by atoms with van der Waals surface area (Å²) in [4.78, 5) is 28.3. The topological polar surface area (TPSA) is 55.8 Å². The molecular weight excluding hydrogens is 446 g/mol. The Kier molecular flexibility index (Phi) is 6.85. The SMILES string of the molecule is CCCC[C@]12CCC[C@@]1(OC(=O)N(C(C)C)C(C)C)C(=O)O[C@@H]2c1ccc(Br)cc1. The van der Waals surface area contributed by atoms with Crippen molar-refractivity contribution >= 4 is 28.0 Å². The second kappa shape index (κ2) is 8.89. The molecule has 0 unspecified atom stereocenters. The summed E-state index contributed by atoms with van der Waals surface area (Å²) >= 11 is 3.48. The van der Waals surface area contributed by atoms with Gasteiger partial charge < -0.3 is 14.4 Å².